The number of ether oxygens (including phenoxy) is 2. The Morgan fingerprint density at radius 3 is 2.75 bits per heavy atom. The summed E-state index contributed by atoms with van der Waals surface area (Å²) in [4.78, 5) is 24.3. The molecule has 1 aliphatic rings. The van der Waals surface area contributed by atoms with E-state index in [4.69, 9.17) is 20.3 Å². The van der Waals surface area contributed by atoms with Crippen LogP contribution in [0.5, 0.6) is 11.5 Å². The lowest BCUT2D eigenvalue weighted by Crippen LogP contribution is -2.40. The van der Waals surface area contributed by atoms with Crippen molar-refractivity contribution in [2.24, 2.45) is 0 Å². The average molecular weight is 434 g/mol. The van der Waals surface area contributed by atoms with Gasteiger partial charge < -0.3 is 24.1 Å². The maximum Gasteiger partial charge on any atom is 0.293 e. The second-order valence-electron chi connectivity index (χ2n) is 7.18. The molecule has 166 valence electrons. The van der Waals surface area contributed by atoms with Crippen molar-refractivity contribution in [3.8, 4) is 23.8 Å². The van der Waals surface area contributed by atoms with Crippen LogP contribution in [0.4, 0.5) is 0 Å². The minimum absolute atomic E-state index is 0.0304. The molecule has 7 nitrogen and oxygen atoms in total. The van der Waals surface area contributed by atoms with Crippen molar-refractivity contribution in [2.45, 2.75) is 25.9 Å². The number of terminal acetylenes is 1. The Labute approximate surface area is 187 Å². The summed E-state index contributed by atoms with van der Waals surface area (Å²) in [5.74, 6) is 4.02. The van der Waals surface area contributed by atoms with Crippen molar-refractivity contribution in [3.05, 3.63) is 59.9 Å². The minimum Gasteiger partial charge on any atom is -0.496 e. The lowest BCUT2D eigenvalue weighted by Gasteiger charge is -2.24. The molecule has 3 aromatic rings. The summed E-state index contributed by atoms with van der Waals surface area (Å²) >= 11 is 0. The lowest BCUT2D eigenvalue weighted by atomic mass is 10.2. The standard InChI is InChI=1S/C16H15NO3.C9H11NO2/c1-3-4-9-17-11(2)10-19-14-12-7-5-6-8-13(12)20-15(14)16(17)18;1-12-9-5-3-2-4-8(9)6-10-7-11/h1,5-8,11H,4,9-10H2,2H3;2-5,7H,6H2,1H3,(H,10,11). The van der Waals surface area contributed by atoms with Gasteiger partial charge in [-0.15, -0.1) is 12.3 Å². The Balaban J connectivity index is 0.000000207. The number of rotatable bonds is 6. The van der Waals surface area contributed by atoms with Crippen LogP contribution in [0.1, 0.15) is 29.5 Å². The highest BCUT2D eigenvalue weighted by atomic mass is 16.5. The van der Waals surface area contributed by atoms with Crippen molar-refractivity contribution in [3.63, 3.8) is 0 Å². The van der Waals surface area contributed by atoms with E-state index in [1.165, 1.54) is 0 Å². The van der Waals surface area contributed by atoms with Gasteiger partial charge in [-0.2, -0.15) is 0 Å². The van der Waals surface area contributed by atoms with E-state index in [-0.39, 0.29) is 17.7 Å². The average Bonchev–Trinajstić information content (AvgIpc) is 3.15. The van der Waals surface area contributed by atoms with Crippen molar-refractivity contribution in [1.82, 2.24) is 10.2 Å². The summed E-state index contributed by atoms with van der Waals surface area (Å²) in [5.41, 5.74) is 1.64. The maximum absolute atomic E-state index is 12.6. The zero-order valence-corrected chi connectivity index (χ0v) is 18.2. The molecule has 4 rings (SSSR count). The number of furan rings is 1. The zero-order valence-electron chi connectivity index (χ0n) is 18.2. The van der Waals surface area contributed by atoms with Crippen molar-refractivity contribution in [2.75, 3.05) is 20.3 Å². The number of nitrogens with one attached hydrogen (secondary N) is 1. The first-order chi connectivity index (χ1) is 15.6. The first-order valence-electron chi connectivity index (χ1n) is 10.3. The summed E-state index contributed by atoms with van der Waals surface area (Å²) < 4.78 is 16.5. The first kappa shape index (κ1) is 22.8. The molecule has 32 heavy (non-hydrogen) atoms. The van der Waals surface area contributed by atoms with Crippen LogP contribution < -0.4 is 14.8 Å². The van der Waals surface area contributed by atoms with Gasteiger partial charge in [-0.1, -0.05) is 30.3 Å². The molecule has 2 heterocycles. The molecule has 1 unspecified atom stereocenters. The van der Waals surface area contributed by atoms with Crippen LogP contribution in [0.3, 0.4) is 0 Å². The number of fused-ring (bicyclic) bond motifs is 3. The Bertz CT molecular complexity index is 1110. The maximum atomic E-state index is 12.6. The van der Waals surface area contributed by atoms with Gasteiger partial charge in [0.15, 0.2) is 5.75 Å². The Morgan fingerprint density at radius 2 is 2.00 bits per heavy atom. The number of para-hydroxylation sites is 2. The van der Waals surface area contributed by atoms with E-state index in [9.17, 15) is 9.59 Å². The summed E-state index contributed by atoms with van der Waals surface area (Å²) in [6.45, 7) is 3.40. The smallest absolute Gasteiger partial charge is 0.293 e. The van der Waals surface area contributed by atoms with E-state index in [0.29, 0.717) is 43.9 Å². The molecule has 1 aromatic heterocycles. The van der Waals surface area contributed by atoms with Crippen molar-refractivity contribution >= 4 is 23.3 Å². The number of hydrogen-bond donors (Lipinski definition) is 1. The second kappa shape index (κ2) is 10.9. The largest absolute Gasteiger partial charge is 0.496 e. The van der Waals surface area contributed by atoms with Crippen LogP contribution >= 0.6 is 0 Å². The Morgan fingerprint density at radius 1 is 1.25 bits per heavy atom. The third-order valence-corrected chi connectivity index (χ3v) is 5.07. The summed E-state index contributed by atoms with van der Waals surface area (Å²) in [5, 5.41) is 3.41. The molecule has 0 aliphatic carbocycles. The predicted octanol–water partition coefficient (Wildman–Crippen LogP) is 3.62. The minimum atomic E-state index is -0.156. The molecular weight excluding hydrogens is 408 g/mol. The number of amides is 2. The predicted molar refractivity (Wildman–Crippen MR) is 122 cm³/mol. The van der Waals surface area contributed by atoms with Crippen LogP contribution in [0.25, 0.3) is 11.0 Å². The van der Waals surface area contributed by atoms with E-state index in [1.807, 2.05) is 55.5 Å². The molecule has 0 bridgehead atoms. The van der Waals surface area contributed by atoms with E-state index < -0.39 is 0 Å². The quantitative estimate of drug-likeness (QED) is 0.473. The van der Waals surface area contributed by atoms with E-state index >= 15 is 0 Å². The summed E-state index contributed by atoms with van der Waals surface area (Å²) in [7, 11) is 1.61. The van der Waals surface area contributed by atoms with Crippen LogP contribution in [-0.2, 0) is 11.3 Å². The molecule has 1 aliphatic heterocycles. The number of carbonyl (C=O) groups is 2. The highest BCUT2D eigenvalue weighted by Crippen LogP contribution is 2.36. The molecule has 0 saturated carbocycles. The van der Waals surface area contributed by atoms with Gasteiger partial charge in [-0.25, -0.2) is 0 Å². The topological polar surface area (TPSA) is 81.0 Å². The third-order valence-electron chi connectivity index (χ3n) is 5.07. The normalized spacial score (nSPS) is 14.8. The fourth-order valence-corrected chi connectivity index (χ4v) is 3.44. The van der Waals surface area contributed by atoms with Crippen LogP contribution in [-0.4, -0.2) is 43.5 Å². The van der Waals surface area contributed by atoms with Gasteiger partial charge in [-0.3, -0.25) is 9.59 Å². The van der Waals surface area contributed by atoms with Gasteiger partial charge >= 0.3 is 0 Å². The number of carbonyl (C=O) groups excluding carboxylic acids is 2. The van der Waals surface area contributed by atoms with Gasteiger partial charge in [0.25, 0.3) is 5.91 Å². The number of benzene rings is 2. The molecular formula is C25H26N2O5. The summed E-state index contributed by atoms with van der Waals surface area (Å²) in [6.07, 6.45) is 6.48. The van der Waals surface area contributed by atoms with Gasteiger partial charge in [0.2, 0.25) is 12.2 Å². The van der Waals surface area contributed by atoms with E-state index in [2.05, 4.69) is 11.2 Å². The SMILES string of the molecule is C#CCCN1C(=O)c2oc3ccccc3c2OCC1C.COc1ccccc1CNC=O. The first-order valence-corrected chi connectivity index (χ1v) is 10.3. The Kier molecular flexibility index (Phi) is 7.76. The van der Waals surface area contributed by atoms with E-state index in [1.54, 1.807) is 12.0 Å². The lowest BCUT2D eigenvalue weighted by molar-refractivity contribution is -0.109. The van der Waals surface area contributed by atoms with Gasteiger partial charge in [0.05, 0.1) is 18.5 Å². The molecule has 7 heteroatoms. The van der Waals surface area contributed by atoms with E-state index in [0.717, 1.165) is 16.7 Å². The van der Waals surface area contributed by atoms with Crippen molar-refractivity contribution < 1.29 is 23.5 Å². The summed E-state index contributed by atoms with van der Waals surface area (Å²) in [6, 6.07) is 15.0. The number of nitrogens with zero attached hydrogens (tertiary/aromatic N) is 1. The van der Waals surface area contributed by atoms with Crippen molar-refractivity contribution in [1.29, 1.82) is 0 Å². The molecule has 0 radical (unpaired) electrons. The van der Waals surface area contributed by atoms with Gasteiger partial charge in [0.1, 0.15) is 17.9 Å². The molecule has 0 spiro atoms. The highest BCUT2D eigenvalue weighted by molar-refractivity contribution is 6.01. The van der Waals surface area contributed by atoms with Gasteiger partial charge in [-0.05, 0) is 25.1 Å². The Hall–Kier alpha value is -3.92. The molecule has 2 amide bonds. The van der Waals surface area contributed by atoms with Gasteiger partial charge in [0, 0.05) is 25.1 Å². The molecule has 0 fully saturated rings. The molecule has 2 aromatic carbocycles. The van der Waals surface area contributed by atoms with Crippen LogP contribution in [0.2, 0.25) is 0 Å². The van der Waals surface area contributed by atoms with Crippen LogP contribution in [0.15, 0.2) is 52.9 Å². The van der Waals surface area contributed by atoms with Crippen LogP contribution in [0, 0.1) is 12.3 Å². The monoisotopic (exact) mass is 434 g/mol. The second-order valence-corrected chi connectivity index (χ2v) is 7.18. The fourth-order valence-electron chi connectivity index (χ4n) is 3.44. The third kappa shape index (κ3) is 5.03. The molecule has 1 atom stereocenters. The number of hydrogen-bond acceptors (Lipinski definition) is 5. The zero-order chi connectivity index (χ0) is 22.9. The highest BCUT2D eigenvalue weighted by Gasteiger charge is 2.32. The molecule has 0 saturated heterocycles. The fraction of sp³-hybridized carbons (Fsp3) is 0.280. The number of methoxy groups -OCH3 is 1. The molecule has 1 N–H and O–H groups in total.